The van der Waals surface area contributed by atoms with Crippen molar-refractivity contribution < 1.29 is 17.6 Å². The summed E-state index contributed by atoms with van der Waals surface area (Å²) in [5.41, 5.74) is 1.49. The van der Waals surface area contributed by atoms with Crippen molar-refractivity contribution in [3.05, 3.63) is 53.5 Å². The van der Waals surface area contributed by atoms with E-state index < -0.39 is 10.0 Å². The van der Waals surface area contributed by atoms with Crippen molar-refractivity contribution in [1.29, 1.82) is 5.26 Å². The van der Waals surface area contributed by atoms with Gasteiger partial charge in [0.25, 0.3) is 0 Å². The maximum absolute atomic E-state index is 12.5. The van der Waals surface area contributed by atoms with Gasteiger partial charge in [-0.1, -0.05) is 12.1 Å². The quantitative estimate of drug-likeness (QED) is 0.710. The highest BCUT2D eigenvalue weighted by atomic mass is 32.2. The van der Waals surface area contributed by atoms with Crippen LogP contribution in [0.3, 0.4) is 0 Å². The van der Waals surface area contributed by atoms with Crippen LogP contribution in [0.1, 0.15) is 29.7 Å². The third kappa shape index (κ3) is 5.94. The average Bonchev–Trinajstić information content (AvgIpc) is 3.13. The topological polar surface area (TPSA) is 103 Å². The third-order valence-corrected chi connectivity index (χ3v) is 5.64. The molecule has 27 heavy (non-hydrogen) atoms. The van der Waals surface area contributed by atoms with Crippen LogP contribution in [0.4, 0.5) is 0 Å². The number of aryl methyl sites for hydroxylation is 2. The zero-order valence-electron chi connectivity index (χ0n) is 15.4. The summed E-state index contributed by atoms with van der Waals surface area (Å²) in [6.45, 7) is 4.04. The fraction of sp³-hybridized carbons (Fsp3) is 0.368. The van der Waals surface area contributed by atoms with Crippen LogP contribution in [0.2, 0.25) is 0 Å². The normalized spacial score (nSPS) is 11.1. The van der Waals surface area contributed by atoms with Gasteiger partial charge >= 0.3 is 0 Å². The molecule has 1 amide bonds. The van der Waals surface area contributed by atoms with Crippen LogP contribution in [0.25, 0.3) is 0 Å². The Kier molecular flexibility index (Phi) is 7.16. The highest BCUT2D eigenvalue weighted by Gasteiger charge is 2.19. The van der Waals surface area contributed by atoms with Crippen molar-refractivity contribution in [2.45, 2.75) is 38.1 Å². The van der Waals surface area contributed by atoms with Crippen molar-refractivity contribution >= 4 is 15.9 Å². The number of furan rings is 1. The van der Waals surface area contributed by atoms with Crippen molar-refractivity contribution in [2.24, 2.45) is 0 Å². The molecule has 0 fully saturated rings. The molecule has 0 aliphatic heterocycles. The summed E-state index contributed by atoms with van der Waals surface area (Å²) in [5, 5.41) is 8.78. The molecular weight excluding hydrogens is 366 g/mol. The van der Waals surface area contributed by atoms with Crippen molar-refractivity contribution in [3.63, 3.8) is 0 Å². The summed E-state index contributed by atoms with van der Waals surface area (Å²) in [6, 6.07) is 10.7. The number of nitrogens with zero attached hydrogens (tertiary/aromatic N) is 2. The van der Waals surface area contributed by atoms with E-state index in [0.29, 0.717) is 11.3 Å². The summed E-state index contributed by atoms with van der Waals surface area (Å²) in [4.78, 5) is 14.2. The van der Waals surface area contributed by atoms with Gasteiger partial charge in [0.05, 0.1) is 30.2 Å². The molecule has 0 aliphatic rings. The Morgan fingerprint density at radius 2 is 2.07 bits per heavy atom. The maximum Gasteiger partial charge on any atom is 0.240 e. The number of nitrogens with one attached hydrogen (secondary N) is 1. The highest BCUT2D eigenvalue weighted by Crippen LogP contribution is 2.16. The number of benzene rings is 1. The number of amides is 1. The lowest BCUT2D eigenvalue weighted by atomic mass is 10.2. The smallest absolute Gasteiger partial charge is 0.240 e. The lowest BCUT2D eigenvalue weighted by molar-refractivity contribution is -0.131. The van der Waals surface area contributed by atoms with E-state index in [2.05, 4.69) is 4.72 Å². The van der Waals surface area contributed by atoms with Gasteiger partial charge in [-0.05, 0) is 43.2 Å². The fourth-order valence-corrected chi connectivity index (χ4v) is 3.95. The van der Waals surface area contributed by atoms with Crippen LogP contribution in [0, 0.1) is 25.2 Å². The first kappa shape index (κ1) is 20.7. The number of rotatable bonds is 9. The van der Waals surface area contributed by atoms with E-state index in [1.165, 1.54) is 11.2 Å². The Labute approximate surface area is 159 Å². The highest BCUT2D eigenvalue weighted by molar-refractivity contribution is 7.89. The molecule has 2 rings (SSSR count). The number of carbonyl (C=O) groups is 1. The molecule has 0 atom stereocenters. The molecule has 144 valence electrons. The van der Waals surface area contributed by atoms with Gasteiger partial charge in [-0.25, -0.2) is 13.1 Å². The number of hydrogen-bond acceptors (Lipinski definition) is 5. The molecule has 0 saturated heterocycles. The van der Waals surface area contributed by atoms with E-state index in [9.17, 15) is 13.2 Å². The van der Waals surface area contributed by atoms with Crippen LogP contribution < -0.4 is 4.72 Å². The summed E-state index contributed by atoms with van der Waals surface area (Å²) in [7, 11) is -3.69. The lowest BCUT2D eigenvalue weighted by Crippen LogP contribution is -2.35. The van der Waals surface area contributed by atoms with E-state index >= 15 is 0 Å². The van der Waals surface area contributed by atoms with E-state index in [-0.39, 0.29) is 43.3 Å². The Hall–Kier alpha value is -2.63. The molecule has 0 radical (unpaired) electrons. The minimum Gasteiger partial charge on any atom is -0.467 e. The monoisotopic (exact) mass is 389 g/mol. The number of carbonyl (C=O) groups excluding carboxylic acids is 1. The number of sulfonamides is 1. The molecule has 1 N–H and O–H groups in total. The van der Waals surface area contributed by atoms with E-state index in [1.54, 1.807) is 31.2 Å². The summed E-state index contributed by atoms with van der Waals surface area (Å²) < 4.78 is 32.7. The van der Waals surface area contributed by atoms with Gasteiger partial charge in [-0.3, -0.25) is 4.79 Å². The molecule has 1 heterocycles. The molecular formula is C19H23N3O4S. The van der Waals surface area contributed by atoms with Gasteiger partial charge in [0, 0.05) is 19.5 Å². The molecule has 0 bridgehead atoms. The van der Waals surface area contributed by atoms with Gasteiger partial charge < -0.3 is 9.32 Å². The molecule has 1 aromatic heterocycles. The zero-order chi connectivity index (χ0) is 19.9. The van der Waals surface area contributed by atoms with Crippen molar-refractivity contribution in [3.8, 4) is 6.07 Å². The predicted molar refractivity (Wildman–Crippen MR) is 100 cm³/mol. The SMILES string of the molecule is Cc1ccc(C)c(S(=O)(=O)NCCC(=O)N(CCC#N)Cc2ccco2)c1. The molecule has 1 aromatic carbocycles. The van der Waals surface area contributed by atoms with Crippen molar-refractivity contribution in [2.75, 3.05) is 13.1 Å². The second-order valence-corrected chi connectivity index (χ2v) is 7.95. The predicted octanol–water partition coefficient (Wildman–Crippen LogP) is 2.51. The van der Waals surface area contributed by atoms with Crippen LogP contribution in [0.5, 0.6) is 0 Å². The average molecular weight is 389 g/mol. The van der Waals surface area contributed by atoms with E-state index in [0.717, 1.165) is 5.56 Å². The van der Waals surface area contributed by atoms with Crippen LogP contribution in [0.15, 0.2) is 45.9 Å². The molecule has 0 saturated carbocycles. The van der Waals surface area contributed by atoms with Gasteiger partial charge in [-0.15, -0.1) is 0 Å². The largest absolute Gasteiger partial charge is 0.467 e. The molecule has 8 heteroatoms. The molecule has 7 nitrogen and oxygen atoms in total. The molecule has 0 spiro atoms. The van der Waals surface area contributed by atoms with Crippen LogP contribution in [-0.2, 0) is 21.4 Å². The zero-order valence-corrected chi connectivity index (χ0v) is 16.3. The van der Waals surface area contributed by atoms with Crippen LogP contribution in [-0.4, -0.2) is 32.3 Å². The lowest BCUT2D eigenvalue weighted by Gasteiger charge is -2.20. The maximum atomic E-state index is 12.5. The van der Waals surface area contributed by atoms with E-state index in [4.69, 9.17) is 9.68 Å². The van der Waals surface area contributed by atoms with Crippen molar-refractivity contribution in [1.82, 2.24) is 9.62 Å². The van der Waals surface area contributed by atoms with E-state index in [1.807, 2.05) is 19.1 Å². The van der Waals surface area contributed by atoms with Gasteiger partial charge in [0.15, 0.2) is 0 Å². The number of hydrogen-bond donors (Lipinski definition) is 1. The van der Waals surface area contributed by atoms with Gasteiger partial charge in [0.2, 0.25) is 15.9 Å². The molecule has 2 aromatic rings. The van der Waals surface area contributed by atoms with Gasteiger partial charge in [0.1, 0.15) is 5.76 Å². The molecule has 0 aliphatic carbocycles. The Bertz CT molecular complexity index is 915. The first-order chi connectivity index (χ1) is 12.8. The second-order valence-electron chi connectivity index (χ2n) is 6.22. The fourth-order valence-electron chi connectivity index (χ4n) is 2.59. The number of nitriles is 1. The Morgan fingerprint density at radius 3 is 2.74 bits per heavy atom. The van der Waals surface area contributed by atoms with Crippen LogP contribution >= 0.6 is 0 Å². The summed E-state index contributed by atoms with van der Waals surface area (Å²) in [5.74, 6) is 0.363. The standard InChI is InChI=1S/C19H23N3O4S/c1-15-6-7-16(2)18(13-15)27(24,25)21-10-8-19(23)22(11-4-9-20)14-17-5-3-12-26-17/h3,5-7,12-13,21H,4,8,10-11,14H2,1-2H3. The third-order valence-electron chi connectivity index (χ3n) is 4.04. The minimum absolute atomic E-state index is 0.00374. The first-order valence-electron chi connectivity index (χ1n) is 8.57. The Balaban J connectivity index is 1.97. The van der Waals surface area contributed by atoms with Gasteiger partial charge in [-0.2, -0.15) is 5.26 Å². The first-order valence-corrected chi connectivity index (χ1v) is 10.1. The minimum atomic E-state index is -3.69. The second kappa shape index (κ2) is 9.35. The molecule has 0 unspecified atom stereocenters. The summed E-state index contributed by atoms with van der Waals surface area (Å²) in [6.07, 6.45) is 1.71. The Morgan fingerprint density at radius 1 is 1.30 bits per heavy atom. The summed E-state index contributed by atoms with van der Waals surface area (Å²) >= 11 is 0.